The van der Waals surface area contributed by atoms with Crippen LogP contribution in [0.5, 0.6) is 0 Å². The minimum absolute atomic E-state index is 0.166. The molecular formula is C12H10N2O2. The largest absolute Gasteiger partial charge is 0.380 e. The molecule has 0 spiro atoms. The molecule has 1 N–H and O–H groups in total. The number of hydrogen-bond acceptors (Lipinski definition) is 4. The number of carbonyl (C=O) groups is 1. The third-order valence-electron chi connectivity index (χ3n) is 2.18. The van der Waals surface area contributed by atoms with Gasteiger partial charge in [0.25, 0.3) is 0 Å². The van der Waals surface area contributed by atoms with E-state index in [0.29, 0.717) is 5.56 Å². The first-order chi connectivity index (χ1) is 7.79. The van der Waals surface area contributed by atoms with Crippen LogP contribution in [0.1, 0.15) is 22.2 Å². The summed E-state index contributed by atoms with van der Waals surface area (Å²) >= 11 is 0. The molecule has 0 radical (unpaired) electrons. The SMILES string of the molecule is O=C(c1cnccn1)C(O)c1ccccc1. The van der Waals surface area contributed by atoms with Crippen molar-refractivity contribution in [3.63, 3.8) is 0 Å². The van der Waals surface area contributed by atoms with Crippen molar-refractivity contribution in [1.82, 2.24) is 9.97 Å². The summed E-state index contributed by atoms with van der Waals surface area (Å²) in [6, 6.07) is 8.74. The Bertz CT molecular complexity index is 471. The van der Waals surface area contributed by atoms with Gasteiger partial charge in [0.05, 0.1) is 6.20 Å². The van der Waals surface area contributed by atoms with Gasteiger partial charge in [-0.05, 0) is 5.56 Å². The number of benzene rings is 1. The Balaban J connectivity index is 2.24. The summed E-state index contributed by atoms with van der Waals surface area (Å²) in [5.74, 6) is -0.445. The lowest BCUT2D eigenvalue weighted by Gasteiger charge is -2.08. The van der Waals surface area contributed by atoms with E-state index in [-0.39, 0.29) is 5.69 Å². The van der Waals surface area contributed by atoms with E-state index in [1.807, 2.05) is 6.07 Å². The van der Waals surface area contributed by atoms with E-state index in [9.17, 15) is 9.90 Å². The van der Waals surface area contributed by atoms with Crippen LogP contribution in [0.4, 0.5) is 0 Å². The number of hydrogen-bond donors (Lipinski definition) is 1. The van der Waals surface area contributed by atoms with Crippen molar-refractivity contribution < 1.29 is 9.90 Å². The molecule has 1 atom stereocenters. The van der Waals surface area contributed by atoms with Crippen molar-refractivity contribution in [1.29, 1.82) is 0 Å². The number of aliphatic hydroxyl groups excluding tert-OH is 1. The van der Waals surface area contributed by atoms with Gasteiger partial charge in [-0.25, -0.2) is 4.98 Å². The first-order valence-electron chi connectivity index (χ1n) is 4.82. The molecule has 2 aromatic rings. The quantitative estimate of drug-likeness (QED) is 0.784. The van der Waals surface area contributed by atoms with Crippen molar-refractivity contribution in [2.24, 2.45) is 0 Å². The van der Waals surface area contributed by atoms with E-state index < -0.39 is 11.9 Å². The predicted molar refractivity (Wildman–Crippen MR) is 57.8 cm³/mol. The molecular weight excluding hydrogens is 204 g/mol. The summed E-state index contributed by atoms with van der Waals surface area (Å²) in [7, 11) is 0. The summed E-state index contributed by atoms with van der Waals surface area (Å²) < 4.78 is 0. The normalized spacial score (nSPS) is 12.1. The maximum atomic E-state index is 11.8. The topological polar surface area (TPSA) is 63.1 Å². The lowest BCUT2D eigenvalue weighted by atomic mass is 10.0. The maximum Gasteiger partial charge on any atom is 0.215 e. The van der Waals surface area contributed by atoms with E-state index in [2.05, 4.69) is 9.97 Å². The smallest absolute Gasteiger partial charge is 0.215 e. The molecule has 0 aliphatic heterocycles. The zero-order valence-corrected chi connectivity index (χ0v) is 8.45. The highest BCUT2D eigenvalue weighted by Gasteiger charge is 2.19. The van der Waals surface area contributed by atoms with E-state index in [0.717, 1.165) is 0 Å². The van der Waals surface area contributed by atoms with Gasteiger partial charge in [0.15, 0.2) is 0 Å². The van der Waals surface area contributed by atoms with Crippen LogP contribution in [0.3, 0.4) is 0 Å². The summed E-state index contributed by atoms with van der Waals surface area (Å²) in [5, 5.41) is 9.83. The zero-order valence-electron chi connectivity index (χ0n) is 8.45. The molecule has 1 aromatic heterocycles. The molecule has 2 rings (SSSR count). The number of carbonyl (C=O) groups excluding carboxylic acids is 1. The fourth-order valence-electron chi connectivity index (χ4n) is 1.35. The second-order valence-corrected chi connectivity index (χ2v) is 3.27. The average Bonchev–Trinajstić information content (AvgIpc) is 2.39. The Morgan fingerprint density at radius 2 is 1.94 bits per heavy atom. The number of ketones is 1. The molecule has 0 aliphatic carbocycles. The van der Waals surface area contributed by atoms with Crippen LogP contribution in [0.15, 0.2) is 48.9 Å². The number of Topliss-reactive ketones (excluding diaryl/α,β-unsaturated/α-hetero) is 1. The number of aromatic nitrogens is 2. The van der Waals surface area contributed by atoms with Crippen molar-refractivity contribution >= 4 is 5.78 Å². The molecule has 1 heterocycles. The Morgan fingerprint density at radius 1 is 1.19 bits per heavy atom. The predicted octanol–water partition coefficient (Wildman–Crippen LogP) is 1.39. The first kappa shape index (κ1) is 10.4. The second kappa shape index (κ2) is 4.63. The van der Waals surface area contributed by atoms with E-state index in [4.69, 9.17) is 0 Å². The molecule has 0 saturated heterocycles. The Labute approximate surface area is 92.6 Å². The molecule has 1 unspecified atom stereocenters. The minimum atomic E-state index is -1.18. The molecule has 0 saturated carbocycles. The van der Waals surface area contributed by atoms with Gasteiger partial charge >= 0.3 is 0 Å². The fraction of sp³-hybridized carbons (Fsp3) is 0.0833. The third-order valence-corrected chi connectivity index (χ3v) is 2.18. The Kier molecular flexibility index (Phi) is 3.03. The molecule has 1 aromatic carbocycles. The van der Waals surface area contributed by atoms with Crippen LogP contribution in [0.25, 0.3) is 0 Å². The third kappa shape index (κ3) is 2.12. The average molecular weight is 214 g/mol. The molecule has 0 bridgehead atoms. The number of aliphatic hydroxyl groups is 1. The minimum Gasteiger partial charge on any atom is -0.380 e. The lowest BCUT2D eigenvalue weighted by Crippen LogP contribution is -2.13. The van der Waals surface area contributed by atoms with Gasteiger partial charge in [0.2, 0.25) is 5.78 Å². The van der Waals surface area contributed by atoms with Crippen molar-refractivity contribution in [2.75, 3.05) is 0 Å². The van der Waals surface area contributed by atoms with Gasteiger partial charge in [-0.2, -0.15) is 0 Å². The van der Waals surface area contributed by atoms with E-state index in [1.165, 1.54) is 18.6 Å². The first-order valence-corrected chi connectivity index (χ1v) is 4.82. The van der Waals surface area contributed by atoms with Crippen molar-refractivity contribution in [2.45, 2.75) is 6.10 Å². The highest BCUT2D eigenvalue weighted by molar-refractivity contribution is 5.97. The molecule has 0 aliphatic rings. The van der Waals surface area contributed by atoms with Gasteiger partial charge in [0, 0.05) is 12.4 Å². The van der Waals surface area contributed by atoms with Crippen LogP contribution in [-0.4, -0.2) is 20.9 Å². The van der Waals surface area contributed by atoms with Gasteiger partial charge in [-0.3, -0.25) is 9.78 Å². The summed E-state index contributed by atoms with van der Waals surface area (Å²) in [4.78, 5) is 19.4. The van der Waals surface area contributed by atoms with E-state index >= 15 is 0 Å². The number of nitrogens with zero attached hydrogens (tertiary/aromatic N) is 2. The Morgan fingerprint density at radius 3 is 2.56 bits per heavy atom. The standard InChI is InChI=1S/C12H10N2O2/c15-11(9-4-2-1-3-5-9)12(16)10-8-13-6-7-14-10/h1-8,11,15H. The zero-order chi connectivity index (χ0) is 11.4. The second-order valence-electron chi connectivity index (χ2n) is 3.27. The van der Waals surface area contributed by atoms with Crippen molar-refractivity contribution in [3.8, 4) is 0 Å². The van der Waals surface area contributed by atoms with E-state index in [1.54, 1.807) is 24.3 Å². The summed E-state index contributed by atoms with van der Waals surface area (Å²) in [6.07, 6.45) is 3.06. The maximum absolute atomic E-state index is 11.8. The van der Waals surface area contributed by atoms with Crippen LogP contribution in [0.2, 0.25) is 0 Å². The highest BCUT2D eigenvalue weighted by atomic mass is 16.3. The lowest BCUT2D eigenvalue weighted by molar-refractivity contribution is 0.0741. The van der Waals surface area contributed by atoms with Gasteiger partial charge in [-0.15, -0.1) is 0 Å². The molecule has 4 heteroatoms. The Hall–Kier alpha value is -2.07. The highest BCUT2D eigenvalue weighted by Crippen LogP contribution is 2.16. The van der Waals surface area contributed by atoms with Crippen LogP contribution in [-0.2, 0) is 0 Å². The molecule has 0 amide bonds. The fourth-order valence-corrected chi connectivity index (χ4v) is 1.35. The van der Waals surface area contributed by atoms with Gasteiger partial charge in [0.1, 0.15) is 11.8 Å². The summed E-state index contributed by atoms with van der Waals surface area (Å²) in [6.45, 7) is 0. The van der Waals surface area contributed by atoms with Crippen LogP contribution < -0.4 is 0 Å². The number of rotatable bonds is 3. The van der Waals surface area contributed by atoms with Crippen molar-refractivity contribution in [3.05, 3.63) is 60.2 Å². The molecule has 0 fully saturated rings. The van der Waals surface area contributed by atoms with Crippen LogP contribution >= 0.6 is 0 Å². The summed E-state index contributed by atoms with van der Waals surface area (Å²) in [5.41, 5.74) is 0.719. The van der Waals surface area contributed by atoms with Gasteiger partial charge in [-0.1, -0.05) is 30.3 Å². The molecule has 80 valence electrons. The molecule has 16 heavy (non-hydrogen) atoms. The van der Waals surface area contributed by atoms with Gasteiger partial charge < -0.3 is 5.11 Å². The monoisotopic (exact) mass is 214 g/mol. The van der Waals surface area contributed by atoms with Crippen LogP contribution in [0, 0.1) is 0 Å². The molecule has 4 nitrogen and oxygen atoms in total.